The number of esters is 1. The molecule has 0 spiro atoms. The van der Waals surface area contributed by atoms with Crippen LogP contribution in [-0.4, -0.2) is 35.2 Å². The SMILES string of the molecule is CCOC(=O)Cc1csc(NC(=O)COCc2cc(-c3ccc(F)cc3)on2)n1. The van der Waals surface area contributed by atoms with Gasteiger partial charge in [-0.2, -0.15) is 0 Å². The second kappa shape index (κ2) is 9.89. The van der Waals surface area contributed by atoms with Crippen LogP contribution in [0.3, 0.4) is 0 Å². The summed E-state index contributed by atoms with van der Waals surface area (Å²) >= 11 is 1.21. The molecule has 3 rings (SSSR count). The Bertz CT molecular complexity index is 970. The monoisotopic (exact) mass is 419 g/mol. The maximum Gasteiger partial charge on any atom is 0.311 e. The predicted molar refractivity (Wildman–Crippen MR) is 103 cm³/mol. The van der Waals surface area contributed by atoms with Crippen molar-refractivity contribution in [1.82, 2.24) is 10.1 Å². The summed E-state index contributed by atoms with van der Waals surface area (Å²) in [6.07, 6.45) is 0.0548. The lowest BCUT2D eigenvalue weighted by Crippen LogP contribution is -2.18. The first-order chi connectivity index (χ1) is 14.0. The van der Waals surface area contributed by atoms with Crippen LogP contribution in [0.2, 0.25) is 0 Å². The molecule has 1 aromatic carbocycles. The third kappa shape index (κ3) is 6.19. The number of rotatable bonds is 9. The molecule has 3 aromatic rings. The number of hydrogen-bond acceptors (Lipinski definition) is 8. The highest BCUT2D eigenvalue weighted by atomic mass is 32.1. The van der Waals surface area contributed by atoms with Crippen LogP contribution in [0.4, 0.5) is 9.52 Å². The average Bonchev–Trinajstić information content (AvgIpc) is 3.32. The smallest absolute Gasteiger partial charge is 0.311 e. The van der Waals surface area contributed by atoms with Crippen molar-refractivity contribution in [3.05, 3.63) is 52.9 Å². The Labute approximate surface area is 169 Å². The molecule has 152 valence electrons. The highest BCUT2D eigenvalue weighted by Gasteiger charge is 2.12. The van der Waals surface area contributed by atoms with E-state index in [-0.39, 0.29) is 37.3 Å². The van der Waals surface area contributed by atoms with Crippen molar-refractivity contribution in [2.24, 2.45) is 0 Å². The maximum atomic E-state index is 13.0. The molecule has 0 bridgehead atoms. The Hall–Kier alpha value is -3.11. The van der Waals surface area contributed by atoms with Gasteiger partial charge in [-0.05, 0) is 31.2 Å². The number of ether oxygens (including phenoxy) is 2. The second-order valence-electron chi connectivity index (χ2n) is 5.86. The van der Waals surface area contributed by atoms with Gasteiger partial charge in [-0.15, -0.1) is 11.3 Å². The summed E-state index contributed by atoms with van der Waals surface area (Å²) in [7, 11) is 0. The molecule has 0 atom stereocenters. The third-order valence-corrected chi connectivity index (χ3v) is 4.41. The van der Waals surface area contributed by atoms with Gasteiger partial charge in [0.05, 0.1) is 25.3 Å². The number of nitrogens with one attached hydrogen (secondary N) is 1. The van der Waals surface area contributed by atoms with Gasteiger partial charge in [-0.3, -0.25) is 14.9 Å². The molecule has 1 N–H and O–H groups in total. The van der Waals surface area contributed by atoms with Gasteiger partial charge >= 0.3 is 5.97 Å². The summed E-state index contributed by atoms with van der Waals surface area (Å²) in [6, 6.07) is 7.48. The fourth-order valence-electron chi connectivity index (χ4n) is 2.34. The van der Waals surface area contributed by atoms with Gasteiger partial charge in [0, 0.05) is 17.0 Å². The van der Waals surface area contributed by atoms with Crippen LogP contribution in [0.15, 0.2) is 40.2 Å². The van der Waals surface area contributed by atoms with Gasteiger partial charge in [0.15, 0.2) is 10.9 Å². The standard InChI is InChI=1S/C19H18FN3O5S/c1-2-27-18(25)8-15-11-29-19(21-15)22-17(24)10-26-9-14-7-16(28-23-14)12-3-5-13(20)6-4-12/h3-7,11H,2,8-10H2,1H3,(H,21,22,24). The van der Waals surface area contributed by atoms with E-state index in [9.17, 15) is 14.0 Å². The number of anilines is 1. The molecule has 0 unspecified atom stereocenters. The highest BCUT2D eigenvalue weighted by molar-refractivity contribution is 7.13. The van der Waals surface area contributed by atoms with E-state index in [0.717, 1.165) is 0 Å². The lowest BCUT2D eigenvalue weighted by atomic mass is 10.1. The number of amides is 1. The lowest BCUT2D eigenvalue weighted by Gasteiger charge is -2.02. The molecule has 2 aromatic heterocycles. The van der Waals surface area contributed by atoms with Gasteiger partial charge < -0.3 is 14.0 Å². The molecule has 0 radical (unpaired) electrons. The highest BCUT2D eigenvalue weighted by Crippen LogP contribution is 2.21. The molecule has 1 amide bonds. The average molecular weight is 419 g/mol. The number of nitrogens with zero attached hydrogens (tertiary/aromatic N) is 2. The van der Waals surface area contributed by atoms with Crippen LogP contribution < -0.4 is 5.32 Å². The zero-order valence-electron chi connectivity index (χ0n) is 15.5. The fourth-order valence-corrected chi connectivity index (χ4v) is 3.07. The molecule has 10 heteroatoms. The number of benzene rings is 1. The minimum absolute atomic E-state index is 0.0548. The Balaban J connectivity index is 1.43. The molecule has 2 heterocycles. The predicted octanol–water partition coefficient (Wildman–Crippen LogP) is 3.20. The van der Waals surface area contributed by atoms with Crippen molar-refractivity contribution < 1.29 is 28.0 Å². The van der Waals surface area contributed by atoms with Gasteiger partial charge in [-0.25, -0.2) is 9.37 Å². The van der Waals surface area contributed by atoms with E-state index in [1.54, 1.807) is 30.5 Å². The fraction of sp³-hybridized carbons (Fsp3) is 0.263. The van der Waals surface area contributed by atoms with Crippen molar-refractivity contribution in [3.8, 4) is 11.3 Å². The molecular weight excluding hydrogens is 401 g/mol. The summed E-state index contributed by atoms with van der Waals surface area (Å²) < 4.78 is 28.4. The van der Waals surface area contributed by atoms with Crippen molar-refractivity contribution in [2.45, 2.75) is 20.0 Å². The molecule has 0 aliphatic carbocycles. The van der Waals surface area contributed by atoms with E-state index < -0.39 is 0 Å². The molecular formula is C19H18FN3O5S. The summed E-state index contributed by atoms with van der Waals surface area (Å²) in [6.45, 7) is 1.91. The molecule has 8 nitrogen and oxygen atoms in total. The van der Waals surface area contributed by atoms with E-state index in [1.165, 1.54) is 23.5 Å². The quantitative estimate of drug-likeness (QED) is 0.531. The minimum atomic E-state index is -0.385. The van der Waals surface area contributed by atoms with Crippen LogP contribution in [0.25, 0.3) is 11.3 Å². The molecule has 0 saturated carbocycles. The number of thiazole rings is 1. The summed E-state index contributed by atoms with van der Waals surface area (Å²) in [5.74, 6) is -0.614. The molecule has 0 saturated heterocycles. The Morgan fingerprint density at radius 2 is 2.03 bits per heavy atom. The van der Waals surface area contributed by atoms with Crippen LogP contribution in [0, 0.1) is 5.82 Å². The van der Waals surface area contributed by atoms with Crippen molar-refractivity contribution >= 4 is 28.3 Å². The minimum Gasteiger partial charge on any atom is -0.466 e. The summed E-state index contributed by atoms with van der Waals surface area (Å²) in [5.41, 5.74) is 1.72. The van der Waals surface area contributed by atoms with E-state index in [1.807, 2.05) is 0 Å². The van der Waals surface area contributed by atoms with Crippen molar-refractivity contribution in [3.63, 3.8) is 0 Å². The summed E-state index contributed by atoms with van der Waals surface area (Å²) in [5, 5.41) is 8.52. The normalized spacial score (nSPS) is 10.7. The van der Waals surface area contributed by atoms with Crippen molar-refractivity contribution in [2.75, 3.05) is 18.5 Å². The van der Waals surface area contributed by atoms with Gasteiger partial charge in [-0.1, -0.05) is 5.16 Å². The van der Waals surface area contributed by atoms with E-state index in [4.69, 9.17) is 14.0 Å². The topological polar surface area (TPSA) is 104 Å². The van der Waals surface area contributed by atoms with Crippen LogP contribution in [0.5, 0.6) is 0 Å². The number of hydrogen-bond donors (Lipinski definition) is 1. The number of halogens is 1. The molecule has 0 aliphatic rings. The first-order valence-corrected chi connectivity index (χ1v) is 9.60. The second-order valence-corrected chi connectivity index (χ2v) is 6.71. The van der Waals surface area contributed by atoms with Gasteiger partial charge in [0.25, 0.3) is 5.91 Å². The first kappa shape index (κ1) is 20.6. The molecule has 0 fully saturated rings. The van der Waals surface area contributed by atoms with E-state index in [0.29, 0.717) is 34.4 Å². The largest absolute Gasteiger partial charge is 0.466 e. The Kier molecular flexibility index (Phi) is 7.04. The van der Waals surface area contributed by atoms with Gasteiger partial charge in [0.2, 0.25) is 0 Å². The first-order valence-electron chi connectivity index (χ1n) is 8.72. The third-order valence-electron chi connectivity index (χ3n) is 3.60. The van der Waals surface area contributed by atoms with E-state index >= 15 is 0 Å². The molecule has 29 heavy (non-hydrogen) atoms. The molecule has 0 aliphatic heterocycles. The summed E-state index contributed by atoms with van der Waals surface area (Å²) in [4.78, 5) is 27.5. The zero-order valence-corrected chi connectivity index (χ0v) is 16.3. The van der Waals surface area contributed by atoms with Gasteiger partial charge in [0.1, 0.15) is 18.1 Å². The Morgan fingerprint density at radius 1 is 1.24 bits per heavy atom. The van der Waals surface area contributed by atoms with Crippen LogP contribution >= 0.6 is 11.3 Å². The van der Waals surface area contributed by atoms with E-state index in [2.05, 4.69) is 15.5 Å². The number of carbonyl (C=O) groups excluding carboxylic acids is 2. The number of carbonyl (C=O) groups is 2. The lowest BCUT2D eigenvalue weighted by molar-refractivity contribution is -0.142. The number of aromatic nitrogens is 2. The zero-order chi connectivity index (χ0) is 20.6. The maximum absolute atomic E-state index is 13.0. The van der Waals surface area contributed by atoms with Crippen LogP contribution in [-0.2, 0) is 32.1 Å². The van der Waals surface area contributed by atoms with Crippen LogP contribution in [0.1, 0.15) is 18.3 Å². The van der Waals surface area contributed by atoms with Crippen molar-refractivity contribution in [1.29, 1.82) is 0 Å². The Morgan fingerprint density at radius 3 is 2.79 bits per heavy atom.